The molecule has 0 spiro atoms. The fourth-order valence-corrected chi connectivity index (χ4v) is 2.02. The van der Waals surface area contributed by atoms with Gasteiger partial charge in [-0.05, 0) is 12.0 Å². The molecule has 104 valence electrons. The molecule has 0 saturated carbocycles. The number of aromatic amines is 1. The number of aryl methyl sites for hydroxylation is 1. The number of hydrogen-bond donors (Lipinski definition) is 2. The predicted molar refractivity (Wildman–Crippen MR) is 73.8 cm³/mol. The zero-order valence-corrected chi connectivity index (χ0v) is 11.7. The summed E-state index contributed by atoms with van der Waals surface area (Å²) in [6, 6.07) is 3.34. The van der Waals surface area contributed by atoms with Crippen LogP contribution in [0.3, 0.4) is 0 Å². The number of carbonyl (C=O) groups is 1. The van der Waals surface area contributed by atoms with Gasteiger partial charge < -0.3 is 14.9 Å². The van der Waals surface area contributed by atoms with Gasteiger partial charge in [0.15, 0.2) is 0 Å². The van der Waals surface area contributed by atoms with E-state index in [1.54, 1.807) is 6.20 Å². The molecule has 0 aliphatic heterocycles. The van der Waals surface area contributed by atoms with Crippen molar-refractivity contribution in [3.63, 3.8) is 0 Å². The number of amides is 1. The van der Waals surface area contributed by atoms with Gasteiger partial charge in [0.2, 0.25) is 0 Å². The van der Waals surface area contributed by atoms with E-state index < -0.39 is 0 Å². The van der Waals surface area contributed by atoms with Gasteiger partial charge in [-0.2, -0.15) is 5.26 Å². The Hall–Kier alpha value is -2.55. The largest absolute Gasteiger partial charge is 0.356 e. The van der Waals surface area contributed by atoms with E-state index in [0.717, 1.165) is 5.82 Å². The molecule has 2 heterocycles. The highest BCUT2D eigenvalue weighted by atomic mass is 16.2. The van der Waals surface area contributed by atoms with Gasteiger partial charge in [0, 0.05) is 25.6 Å². The molecule has 1 amide bonds. The Morgan fingerprint density at radius 1 is 1.55 bits per heavy atom. The van der Waals surface area contributed by atoms with Gasteiger partial charge in [0.1, 0.15) is 17.6 Å². The fraction of sp³-hybridized carbons (Fsp3) is 0.357. The summed E-state index contributed by atoms with van der Waals surface area (Å²) in [5, 5.41) is 11.7. The molecule has 6 heteroatoms. The third kappa shape index (κ3) is 2.72. The standard InChI is InChI=1S/C14H17N5O/c1-9(2)12(13-16-4-5-19(13)3)18-14(20)11-6-10(7-15)8-17-11/h4-6,8-9,12,17H,1-3H3,(H,18,20). The first-order chi connectivity index (χ1) is 9.52. The zero-order valence-electron chi connectivity index (χ0n) is 11.7. The van der Waals surface area contributed by atoms with E-state index in [0.29, 0.717) is 11.3 Å². The Morgan fingerprint density at radius 3 is 2.80 bits per heavy atom. The van der Waals surface area contributed by atoms with E-state index in [-0.39, 0.29) is 17.9 Å². The summed E-state index contributed by atoms with van der Waals surface area (Å²) in [5.41, 5.74) is 0.814. The monoisotopic (exact) mass is 271 g/mol. The number of nitrogens with zero attached hydrogens (tertiary/aromatic N) is 3. The summed E-state index contributed by atoms with van der Waals surface area (Å²) in [4.78, 5) is 19.3. The number of imidazole rings is 1. The van der Waals surface area contributed by atoms with Crippen LogP contribution in [0.1, 0.15) is 41.8 Å². The molecule has 0 saturated heterocycles. The van der Waals surface area contributed by atoms with Gasteiger partial charge in [0.05, 0.1) is 11.6 Å². The second-order valence-corrected chi connectivity index (χ2v) is 5.01. The normalized spacial score (nSPS) is 12.2. The average Bonchev–Trinajstić information content (AvgIpc) is 3.04. The maximum Gasteiger partial charge on any atom is 0.268 e. The molecular weight excluding hydrogens is 254 g/mol. The van der Waals surface area contributed by atoms with Crippen LogP contribution in [0.25, 0.3) is 0 Å². The molecule has 2 aromatic heterocycles. The number of carbonyl (C=O) groups excluding carboxylic acids is 1. The molecule has 0 radical (unpaired) electrons. The maximum absolute atomic E-state index is 12.2. The molecule has 0 fully saturated rings. The third-order valence-electron chi connectivity index (χ3n) is 3.15. The van der Waals surface area contributed by atoms with Gasteiger partial charge in [-0.1, -0.05) is 13.8 Å². The first kappa shape index (κ1) is 13.9. The van der Waals surface area contributed by atoms with E-state index in [1.807, 2.05) is 37.7 Å². The fourth-order valence-electron chi connectivity index (χ4n) is 2.02. The molecular formula is C14H17N5O. The lowest BCUT2D eigenvalue weighted by molar-refractivity contribution is 0.0918. The minimum Gasteiger partial charge on any atom is -0.356 e. The summed E-state index contributed by atoms with van der Waals surface area (Å²) < 4.78 is 1.89. The highest BCUT2D eigenvalue weighted by Crippen LogP contribution is 2.20. The highest BCUT2D eigenvalue weighted by Gasteiger charge is 2.23. The zero-order chi connectivity index (χ0) is 14.7. The van der Waals surface area contributed by atoms with E-state index >= 15 is 0 Å². The van der Waals surface area contributed by atoms with Gasteiger partial charge in [-0.3, -0.25) is 4.79 Å². The Bertz CT molecular complexity index is 647. The summed E-state index contributed by atoms with van der Waals surface area (Å²) >= 11 is 0. The SMILES string of the molecule is CC(C)C(NC(=O)c1cc(C#N)c[nH]1)c1nccn1C. The summed E-state index contributed by atoms with van der Waals surface area (Å²) in [5.74, 6) is 0.763. The van der Waals surface area contributed by atoms with Gasteiger partial charge in [0.25, 0.3) is 5.91 Å². The molecule has 0 aliphatic carbocycles. The molecule has 2 N–H and O–H groups in total. The molecule has 0 bridgehead atoms. The van der Waals surface area contributed by atoms with Gasteiger partial charge in [-0.15, -0.1) is 0 Å². The number of rotatable bonds is 4. The second kappa shape index (κ2) is 5.61. The number of hydrogen-bond acceptors (Lipinski definition) is 3. The Kier molecular flexibility index (Phi) is 3.89. The van der Waals surface area contributed by atoms with E-state index in [2.05, 4.69) is 15.3 Å². The van der Waals surface area contributed by atoms with Gasteiger partial charge in [-0.25, -0.2) is 4.98 Å². The van der Waals surface area contributed by atoms with Crippen LogP contribution in [0.15, 0.2) is 24.7 Å². The van der Waals surface area contributed by atoms with Crippen molar-refractivity contribution in [1.29, 1.82) is 5.26 Å². The highest BCUT2D eigenvalue weighted by molar-refractivity contribution is 5.93. The minimum atomic E-state index is -0.242. The predicted octanol–water partition coefficient (Wildman–Crippen LogP) is 1.75. The van der Waals surface area contributed by atoms with Crippen molar-refractivity contribution in [2.24, 2.45) is 13.0 Å². The van der Waals surface area contributed by atoms with Crippen molar-refractivity contribution in [2.45, 2.75) is 19.9 Å². The van der Waals surface area contributed by atoms with E-state index in [9.17, 15) is 4.79 Å². The lowest BCUT2D eigenvalue weighted by Gasteiger charge is -2.21. The molecule has 20 heavy (non-hydrogen) atoms. The maximum atomic E-state index is 12.2. The second-order valence-electron chi connectivity index (χ2n) is 5.01. The first-order valence-corrected chi connectivity index (χ1v) is 6.39. The van der Waals surface area contributed by atoms with Crippen LogP contribution in [0.2, 0.25) is 0 Å². The molecule has 1 unspecified atom stereocenters. The Labute approximate surface area is 117 Å². The lowest BCUT2D eigenvalue weighted by atomic mass is 10.0. The van der Waals surface area contributed by atoms with Crippen molar-refractivity contribution in [2.75, 3.05) is 0 Å². The van der Waals surface area contributed by atoms with Crippen LogP contribution in [-0.2, 0) is 7.05 Å². The molecule has 1 atom stereocenters. The van der Waals surface area contributed by atoms with Crippen LogP contribution >= 0.6 is 0 Å². The Morgan fingerprint density at radius 2 is 2.30 bits per heavy atom. The van der Waals surface area contributed by atoms with Crippen LogP contribution in [0.4, 0.5) is 0 Å². The quantitative estimate of drug-likeness (QED) is 0.888. The molecule has 0 aromatic carbocycles. The Balaban J connectivity index is 2.19. The summed E-state index contributed by atoms with van der Waals surface area (Å²) in [6.45, 7) is 4.05. The van der Waals surface area contributed by atoms with E-state index in [4.69, 9.17) is 5.26 Å². The molecule has 6 nitrogen and oxygen atoms in total. The van der Waals surface area contributed by atoms with E-state index in [1.165, 1.54) is 12.3 Å². The number of H-pyrrole nitrogens is 1. The van der Waals surface area contributed by atoms with Crippen molar-refractivity contribution in [3.05, 3.63) is 41.7 Å². The lowest BCUT2D eigenvalue weighted by Crippen LogP contribution is -2.33. The van der Waals surface area contributed by atoms with Crippen LogP contribution in [0, 0.1) is 17.2 Å². The van der Waals surface area contributed by atoms with Crippen molar-refractivity contribution >= 4 is 5.91 Å². The van der Waals surface area contributed by atoms with Gasteiger partial charge >= 0.3 is 0 Å². The molecule has 2 rings (SSSR count). The third-order valence-corrected chi connectivity index (χ3v) is 3.15. The molecule has 2 aromatic rings. The van der Waals surface area contributed by atoms with Crippen LogP contribution in [-0.4, -0.2) is 20.4 Å². The number of nitriles is 1. The van der Waals surface area contributed by atoms with Crippen molar-refractivity contribution in [1.82, 2.24) is 19.9 Å². The number of nitrogens with one attached hydrogen (secondary N) is 2. The summed E-state index contributed by atoms with van der Waals surface area (Å²) in [7, 11) is 1.90. The van der Waals surface area contributed by atoms with Crippen LogP contribution < -0.4 is 5.32 Å². The van der Waals surface area contributed by atoms with Crippen molar-refractivity contribution < 1.29 is 4.79 Å². The van der Waals surface area contributed by atoms with Crippen LogP contribution in [0.5, 0.6) is 0 Å². The first-order valence-electron chi connectivity index (χ1n) is 6.39. The topological polar surface area (TPSA) is 86.5 Å². The average molecular weight is 271 g/mol. The smallest absolute Gasteiger partial charge is 0.268 e. The molecule has 0 aliphatic rings. The van der Waals surface area contributed by atoms with Crippen molar-refractivity contribution in [3.8, 4) is 6.07 Å². The summed E-state index contributed by atoms with van der Waals surface area (Å²) in [6.07, 6.45) is 5.07. The number of aromatic nitrogens is 3. The minimum absolute atomic E-state index is 0.184.